The third-order valence-electron chi connectivity index (χ3n) is 0.712. The largest absolute Gasteiger partial charge is 0.186 e. The smallest absolute Gasteiger partial charge is 0.0416 e. The van der Waals surface area contributed by atoms with Crippen molar-refractivity contribution in [1.82, 2.24) is 9.06 Å². The number of hydrazine groups is 1. The molecule has 4 heteroatoms. The van der Waals surface area contributed by atoms with Crippen LogP contribution in [-0.4, -0.2) is 9.06 Å². The quantitative estimate of drug-likeness (QED) is 0.487. The maximum absolute atomic E-state index is 5.46. The van der Waals surface area contributed by atoms with Gasteiger partial charge in [-0.2, -0.15) is 9.06 Å². The fourth-order valence-electron chi connectivity index (χ4n) is 0.369. The SMILES string of the molecule is ClN1C=CC=CN1Cl. The van der Waals surface area contributed by atoms with Crippen molar-refractivity contribution in [2.75, 3.05) is 0 Å². The van der Waals surface area contributed by atoms with Crippen molar-refractivity contribution in [3.8, 4) is 0 Å². The molecule has 0 aliphatic carbocycles. The first-order valence-electron chi connectivity index (χ1n) is 2.05. The molecule has 44 valence electrons. The zero-order valence-electron chi connectivity index (χ0n) is 3.96. The average molecular weight is 151 g/mol. The van der Waals surface area contributed by atoms with Crippen LogP contribution in [0.2, 0.25) is 0 Å². The van der Waals surface area contributed by atoms with Gasteiger partial charge in [-0.3, -0.25) is 0 Å². The summed E-state index contributed by atoms with van der Waals surface area (Å²) >= 11 is 10.9. The Hall–Kier alpha value is -0.340. The van der Waals surface area contributed by atoms with Crippen molar-refractivity contribution in [1.29, 1.82) is 0 Å². The molecular weight excluding hydrogens is 147 g/mol. The Labute approximate surface area is 57.8 Å². The lowest BCUT2D eigenvalue weighted by molar-refractivity contribution is 0.322. The summed E-state index contributed by atoms with van der Waals surface area (Å²) in [5.74, 6) is 0. The molecular formula is C4H4Cl2N2. The molecule has 0 saturated heterocycles. The first-order valence-corrected chi connectivity index (χ1v) is 2.73. The van der Waals surface area contributed by atoms with E-state index in [0.29, 0.717) is 0 Å². The van der Waals surface area contributed by atoms with Crippen molar-refractivity contribution in [2.24, 2.45) is 0 Å². The zero-order chi connectivity index (χ0) is 5.98. The van der Waals surface area contributed by atoms with Crippen molar-refractivity contribution >= 4 is 23.6 Å². The molecule has 1 heterocycles. The molecule has 0 atom stereocenters. The highest BCUT2D eigenvalue weighted by Gasteiger charge is 2.00. The van der Waals surface area contributed by atoms with Crippen LogP contribution in [0.1, 0.15) is 0 Å². The van der Waals surface area contributed by atoms with E-state index in [9.17, 15) is 0 Å². The molecule has 1 aliphatic heterocycles. The molecule has 0 unspecified atom stereocenters. The van der Waals surface area contributed by atoms with Crippen LogP contribution in [0.25, 0.3) is 0 Å². The minimum Gasteiger partial charge on any atom is -0.186 e. The minimum atomic E-state index is 1.24. The Kier molecular flexibility index (Phi) is 1.65. The van der Waals surface area contributed by atoms with E-state index < -0.39 is 0 Å². The molecule has 0 aromatic rings. The maximum Gasteiger partial charge on any atom is 0.0416 e. The predicted molar refractivity (Wildman–Crippen MR) is 33.7 cm³/mol. The summed E-state index contributed by atoms with van der Waals surface area (Å²) in [7, 11) is 0. The van der Waals surface area contributed by atoms with E-state index >= 15 is 0 Å². The van der Waals surface area contributed by atoms with Gasteiger partial charge in [0.05, 0.1) is 0 Å². The van der Waals surface area contributed by atoms with Gasteiger partial charge < -0.3 is 0 Å². The molecule has 0 bridgehead atoms. The lowest BCUT2D eigenvalue weighted by Crippen LogP contribution is -2.18. The van der Waals surface area contributed by atoms with Crippen molar-refractivity contribution in [3.63, 3.8) is 0 Å². The van der Waals surface area contributed by atoms with E-state index in [1.165, 1.54) is 9.06 Å². The van der Waals surface area contributed by atoms with Gasteiger partial charge in [-0.15, -0.1) is 0 Å². The Morgan fingerprint density at radius 2 is 1.25 bits per heavy atom. The molecule has 0 N–H and O–H groups in total. The number of nitrogens with zero attached hydrogens (tertiary/aromatic N) is 2. The lowest BCUT2D eigenvalue weighted by Gasteiger charge is -2.19. The Morgan fingerprint density at radius 1 is 0.875 bits per heavy atom. The molecule has 2 nitrogen and oxygen atoms in total. The molecule has 1 rings (SSSR count). The van der Waals surface area contributed by atoms with E-state index in [2.05, 4.69) is 0 Å². The monoisotopic (exact) mass is 150 g/mol. The van der Waals surface area contributed by atoms with Gasteiger partial charge >= 0.3 is 0 Å². The highest BCUT2D eigenvalue weighted by atomic mass is 35.5. The molecule has 8 heavy (non-hydrogen) atoms. The number of allylic oxidation sites excluding steroid dienone is 2. The van der Waals surface area contributed by atoms with Crippen molar-refractivity contribution in [3.05, 3.63) is 24.6 Å². The maximum atomic E-state index is 5.46. The second kappa shape index (κ2) is 2.29. The van der Waals surface area contributed by atoms with E-state index in [4.69, 9.17) is 23.6 Å². The molecule has 0 aromatic heterocycles. The Morgan fingerprint density at radius 3 is 1.50 bits per heavy atom. The first kappa shape index (κ1) is 5.79. The number of hydrogen-bond donors (Lipinski definition) is 0. The van der Waals surface area contributed by atoms with E-state index in [-0.39, 0.29) is 0 Å². The average Bonchev–Trinajstić information content (AvgIpc) is 1.77. The zero-order valence-corrected chi connectivity index (χ0v) is 5.47. The van der Waals surface area contributed by atoms with E-state index in [1.807, 2.05) is 0 Å². The normalized spacial score (nSPS) is 17.8. The highest BCUT2D eigenvalue weighted by Crippen LogP contribution is 2.10. The van der Waals surface area contributed by atoms with Crippen LogP contribution in [0, 0.1) is 0 Å². The molecule has 0 aromatic carbocycles. The number of hydrogen-bond acceptors (Lipinski definition) is 2. The highest BCUT2D eigenvalue weighted by molar-refractivity contribution is 6.20. The molecule has 0 amide bonds. The third kappa shape index (κ3) is 1.08. The van der Waals surface area contributed by atoms with Gasteiger partial charge in [0.15, 0.2) is 0 Å². The van der Waals surface area contributed by atoms with Gasteiger partial charge in [0.2, 0.25) is 0 Å². The molecule has 0 fully saturated rings. The Bertz CT molecular complexity index is 116. The summed E-state index contributed by atoms with van der Waals surface area (Å²) in [6.07, 6.45) is 6.83. The summed E-state index contributed by atoms with van der Waals surface area (Å²) in [4.78, 5) is 0. The first-order chi connectivity index (χ1) is 3.80. The summed E-state index contributed by atoms with van der Waals surface area (Å²) in [6, 6.07) is 0. The van der Waals surface area contributed by atoms with Gasteiger partial charge in [0, 0.05) is 36.0 Å². The van der Waals surface area contributed by atoms with E-state index in [1.54, 1.807) is 24.6 Å². The van der Waals surface area contributed by atoms with Crippen LogP contribution in [0.4, 0.5) is 0 Å². The van der Waals surface area contributed by atoms with Gasteiger partial charge in [-0.05, 0) is 12.2 Å². The number of rotatable bonds is 0. The summed E-state index contributed by atoms with van der Waals surface area (Å²) in [6.45, 7) is 0. The van der Waals surface area contributed by atoms with Gasteiger partial charge in [-0.25, -0.2) is 0 Å². The topological polar surface area (TPSA) is 6.48 Å². The van der Waals surface area contributed by atoms with Crippen molar-refractivity contribution < 1.29 is 0 Å². The van der Waals surface area contributed by atoms with Crippen LogP contribution in [0.15, 0.2) is 24.6 Å². The molecule has 1 aliphatic rings. The summed E-state index contributed by atoms with van der Waals surface area (Å²) in [5, 5.41) is 0. The lowest BCUT2D eigenvalue weighted by atomic mass is 10.5. The minimum absolute atomic E-state index is 1.24. The van der Waals surface area contributed by atoms with Gasteiger partial charge in [0.25, 0.3) is 0 Å². The van der Waals surface area contributed by atoms with Crippen LogP contribution in [0.3, 0.4) is 0 Å². The standard InChI is InChI=1S/C4H4Cl2N2/c5-7-3-1-2-4-8(7)6/h1-4H. The summed E-state index contributed by atoms with van der Waals surface area (Å²) in [5.41, 5.74) is 0. The molecule has 0 spiro atoms. The molecule has 0 radical (unpaired) electrons. The van der Waals surface area contributed by atoms with Gasteiger partial charge in [-0.1, -0.05) is 0 Å². The fourth-order valence-corrected chi connectivity index (χ4v) is 0.600. The third-order valence-corrected chi connectivity index (χ3v) is 1.34. The second-order valence-electron chi connectivity index (χ2n) is 1.26. The molecule has 0 saturated carbocycles. The predicted octanol–water partition coefficient (Wildman–Crippen LogP) is 1.85. The van der Waals surface area contributed by atoms with Crippen molar-refractivity contribution in [2.45, 2.75) is 0 Å². The van der Waals surface area contributed by atoms with Crippen LogP contribution in [-0.2, 0) is 0 Å². The van der Waals surface area contributed by atoms with Crippen LogP contribution < -0.4 is 0 Å². The fraction of sp³-hybridized carbons (Fsp3) is 0. The second-order valence-corrected chi connectivity index (χ2v) is 1.95. The van der Waals surface area contributed by atoms with E-state index in [0.717, 1.165) is 0 Å². The van der Waals surface area contributed by atoms with Crippen LogP contribution >= 0.6 is 23.6 Å². The van der Waals surface area contributed by atoms with Gasteiger partial charge in [0.1, 0.15) is 0 Å². The Balaban J connectivity index is 2.59. The summed E-state index contributed by atoms with van der Waals surface area (Å²) < 4.78 is 2.48. The van der Waals surface area contributed by atoms with Crippen LogP contribution in [0.5, 0.6) is 0 Å². The number of halogens is 2.